The third kappa shape index (κ3) is 3.68. The van der Waals surface area contributed by atoms with Gasteiger partial charge in [-0.2, -0.15) is 0 Å². The molecule has 1 atom stereocenters. The second-order valence-corrected chi connectivity index (χ2v) is 5.88. The van der Waals surface area contributed by atoms with Crippen LogP contribution in [0.25, 0.3) is 0 Å². The predicted molar refractivity (Wildman–Crippen MR) is 81.4 cm³/mol. The quantitative estimate of drug-likeness (QED) is 0.850. The molecule has 0 radical (unpaired) electrons. The number of ether oxygens (including phenoxy) is 1. The molecule has 0 aromatic heterocycles. The van der Waals surface area contributed by atoms with Crippen molar-refractivity contribution < 1.29 is 23.8 Å². The lowest BCUT2D eigenvalue weighted by Crippen LogP contribution is -2.59. The smallest absolute Gasteiger partial charge is 0.329 e. The molecule has 1 heterocycles. The van der Waals surface area contributed by atoms with Crippen molar-refractivity contribution in [1.29, 1.82) is 0 Å². The Morgan fingerprint density at radius 3 is 2.43 bits per heavy atom. The SMILES string of the molecule is CN(C)C(C(=O)NC1(C(=O)O)CCOCC1)c1ccccc1F. The molecule has 0 spiro atoms. The van der Waals surface area contributed by atoms with Gasteiger partial charge in [-0.25, -0.2) is 9.18 Å². The molecule has 0 bridgehead atoms. The molecular weight excluding hydrogens is 303 g/mol. The lowest BCUT2D eigenvalue weighted by Gasteiger charge is -2.36. The van der Waals surface area contributed by atoms with Gasteiger partial charge >= 0.3 is 5.97 Å². The average Bonchev–Trinajstić information content (AvgIpc) is 2.50. The van der Waals surface area contributed by atoms with Crippen molar-refractivity contribution in [3.8, 4) is 0 Å². The van der Waals surface area contributed by atoms with Gasteiger partial charge in [-0.05, 0) is 20.2 Å². The zero-order valence-electron chi connectivity index (χ0n) is 13.2. The highest BCUT2D eigenvalue weighted by molar-refractivity contribution is 5.90. The van der Waals surface area contributed by atoms with Crippen LogP contribution in [0.2, 0.25) is 0 Å². The van der Waals surface area contributed by atoms with E-state index in [9.17, 15) is 19.1 Å². The van der Waals surface area contributed by atoms with Crippen LogP contribution in [0.15, 0.2) is 24.3 Å². The monoisotopic (exact) mass is 324 g/mol. The largest absolute Gasteiger partial charge is 0.480 e. The van der Waals surface area contributed by atoms with Crippen molar-refractivity contribution in [1.82, 2.24) is 10.2 Å². The van der Waals surface area contributed by atoms with E-state index in [1.165, 1.54) is 12.1 Å². The number of aliphatic carboxylic acids is 1. The van der Waals surface area contributed by atoms with Crippen LogP contribution in [-0.4, -0.2) is 54.7 Å². The lowest BCUT2D eigenvalue weighted by atomic mass is 9.89. The summed E-state index contributed by atoms with van der Waals surface area (Å²) in [7, 11) is 3.29. The van der Waals surface area contributed by atoms with Gasteiger partial charge < -0.3 is 15.2 Å². The molecule has 0 saturated carbocycles. The number of amides is 1. The highest BCUT2D eigenvalue weighted by Crippen LogP contribution is 2.26. The van der Waals surface area contributed by atoms with Gasteiger partial charge in [-0.15, -0.1) is 0 Å². The number of likely N-dealkylation sites (N-methyl/N-ethyl adjacent to an activating group) is 1. The van der Waals surface area contributed by atoms with Gasteiger partial charge in [0.1, 0.15) is 17.4 Å². The van der Waals surface area contributed by atoms with Crippen LogP contribution in [0.5, 0.6) is 0 Å². The zero-order chi connectivity index (χ0) is 17.0. The lowest BCUT2D eigenvalue weighted by molar-refractivity contribution is -0.153. The van der Waals surface area contributed by atoms with Crippen LogP contribution in [0, 0.1) is 5.82 Å². The topological polar surface area (TPSA) is 78.9 Å². The average molecular weight is 324 g/mol. The molecule has 0 aliphatic carbocycles. The first kappa shape index (κ1) is 17.4. The molecule has 1 aliphatic heterocycles. The van der Waals surface area contributed by atoms with Crippen LogP contribution in [0.4, 0.5) is 4.39 Å². The third-order valence-electron chi connectivity index (χ3n) is 4.08. The number of hydrogen-bond donors (Lipinski definition) is 2. The van der Waals surface area contributed by atoms with E-state index in [1.807, 2.05) is 0 Å². The Labute approximate surface area is 134 Å². The predicted octanol–water partition coefficient (Wildman–Crippen LogP) is 1.18. The van der Waals surface area contributed by atoms with E-state index in [0.29, 0.717) is 0 Å². The normalized spacial score (nSPS) is 18.4. The fourth-order valence-electron chi connectivity index (χ4n) is 2.77. The number of carboxylic acid groups (broad SMARTS) is 1. The number of halogens is 1. The summed E-state index contributed by atoms with van der Waals surface area (Å²) in [5, 5.41) is 12.1. The standard InChI is InChI=1S/C16H21FN2O4/c1-19(2)13(11-5-3-4-6-12(11)17)14(20)18-16(15(21)22)7-9-23-10-8-16/h3-6,13H,7-10H2,1-2H3,(H,18,20)(H,21,22). The molecule has 1 aliphatic rings. The minimum absolute atomic E-state index is 0.186. The summed E-state index contributed by atoms with van der Waals surface area (Å²) < 4.78 is 19.2. The van der Waals surface area contributed by atoms with Crippen LogP contribution in [-0.2, 0) is 14.3 Å². The Hall–Kier alpha value is -1.99. The van der Waals surface area contributed by atoms with E-state index in [1.54, 1.807) is 31.1 Å². The summed E-state index contributed by atoms with van der Waals surface area (Å²) in [5.41, 5.74) is -1.16. The van der Waals surface area contributed by atoms with Crippen molar-refractivity contribution in [2.75, 3.05) is 27.3 Å². The third-order valence-corrected chi connectivity index (χ3v) is 4.08. The maximum Gasteiger partial charge on any atom is 0.329 e. The van der Waals surface area contributed by atoms with Gasteiger partial charge in [0.2, 0.25) is 5.91 Å². The minimum Gasteiger partial charge on any atom is -0.480 e. The van der Waals surface area contributed by atoms with E-state index in [0.717, 1.165) is 0 Å². The van der Waals surface area contributed by atoms with Crippen LogP contribution >= 0.6 is 0 Å². The summed E-state index contributed by atoms with van der Waals surface area (Å²) in [4.78, 5) is 25.9. The highest BCUT2D eigenvalue weighted by atomic mass is 19.1. The Morgan fingerprint density at radius 1 is 1.30 bits per heavy atom. The van der Waals surface area contributed by atoms with E-state index < -0.39 is 29.3 Å². The number of carboxylic acids is 1. The Balaban J connectivity index is 2.28. The number of rotatable bonds is 5. The second-order valence-electron chi connectivity index (χ2n) is 5.88. The van der Waals surface area contributed by atoms with Gasteiger partial charge in [-0.3, -0.25) is 9.69 Å². The van der Waals surface area contributed by atoms with Gasteiger partial charge in [0, 0.05) is 31.6 Å². The molecule has 1 fully saturated rings. The fraction of sp³-hybridized carbons (Fsp3) is 0.500. The first-order valence-corrected chi connectivity index (χ1v) is 7.41. The number of carbonyl (C=O) groups is 2. The summed E-state index contributed by atoms with van der Waals surface area (Å²) in [5.74, 6) is -2.14. The molecule has 1 unspecified atom stereocenters. The molecule has 6 nitrogen and oxygen atoms in total. The van der Waals surface area contributed by atoms with E-state index in [-0.39, 0.29) is 31.6 Å². The van der Waals surface area contributed by atoms with Crippen LogP contribution in [0.3, 0.4) is 0 Å². The number of nitrogens with one attached hydrogen (secondary N) is 1. The van der Waals surface area contributed by atoms with Crippen molar-refractivity contribution in [3.63, 3.8) is 0 Å². The maximum absolute atomic E-state index is 14.0. The number of benzene rings is 1. The molecule has 1 amide bonds. The van der Waals surface area contributed by atoms with Crippen molar-refractivity contribution in [3.05, 3.63) is 35.6 Å². The first-order valence-electron chi connectivity index (χ1n) is 7.41. The molecule has 1 saturated heterocycles. The highest BCUT2D eigenvalue weighted by Gasteiger charge is 2.43. The molecular formula is C16H21FN2O4. The summed E-state index contributed by atoms with van der Waals surface area (Å²) >= 11 is 0. The summed E-state index contributed by atoms with van der Waals surface area (Å²) in [6.45, 7) is 0.526. The van der Waals surface area contributed by atoms with E-state index in [4.69, 9.17) is 4.74 Å². The van der Waals surface area contributed by atoms with Gasteiger partial charge in [0.25, 0.3) is 0 Å². The second kappa shape index (κ2) is 7.06. The Kier molecular flexibility index (Phi) is 5.33. The molecule has 2 rings (SSSR count). The Morgan fingerprint density at radius 2 is 1.91 bits per heavy atom. The Bertz CT molecular complexity index is 585. The summed E-state index contributed by atoms with van der Waals surface area (Å²) in [6, 6.07) is 5.08. The number of hydrogen-bond acceptors (Lipinski definition) is 4. The molecule has 1 aromatic rings. The van der Waals surface area contributed by atoms with Crippen LogP contribution < -0.4 is 5.32 Å². The number of nitrogens with zero attached hydrogens (tertiary/aromatic N) is 1. The van der Waals surface area contributed by atoms with E-state index in [2.05, 4.69) is 5.32 Å². The minimum atomic E-state index is -1.37. The fourth-order valence-corrected chi connectivity index (χ4v) is 2.77. The van der Waals surface area contributed by atoms with Crippen molar-refractivity contribution >= 4 is 11.9 Å². The van der Waals surface area contributed by atoms with Gasteiger partial charge in [0.05, 0.1) is 0 Å². The molecule has 2 N–H and O–H groups in total. The van der Waals surface area contributed by atoms with E-state index >= 15 is 0 Å². The molecule has 126 valence electrons. The van der Waals surface area contributed by atoms with Crippen molar-refractivity contribution in [2.24, 2.45) is 0 Å². The number of carbonyl (C=O) groups excluding carboxylic acids is 1. The first-order chi connectivity index (χ1) is 10.9. The van der Waals surface area contributed by atoms with Gasteiger partial charge in [-0.1, -0.05) is 18.2 Å². The van der Waals surface area contributed by atoms with Gasteiger partial charge in [0.15, 0.2) is 0 Å². The van der Waals surface area contributed by atoms with Crippen LogP contribution in [0.1, 0.15) is 24.4 Å². The maximum atomic E-state index is 14.0. The zero-order valence-corrected chi connectivity index (χ0v) is 13.2. The summed E-state index contributed by atoms with van der Waals surface area (Å²) in [6.07, 6.45) is 0.372. The van der Waals surface area contributed by atoms with Crippen molar-refractivity contribution in [2.45, 2.75) is 24.4 Å². The molecule has 23 heavy (non-hydrogen) atoms. The molecule has 7 heteroatoms. The molecule has 1 aromatic carbocycles.